The lowest BCUT2D eigenvalue weighted by atomic mass is 9.85. The topological polar surface area (TPSA) is 39.3 Å². The first-order valence-corrected chi connectivity index (χ1v) is 12.2. The summed E-state index contributed by atoms with van der Waals surface area (Å²) in [5.41, 5.74) is 2.98. The van der Waals surface area contributed by atoms with Gasteiger partial charge in [-0.15, -0.1) is 0 Å². The summed E-state index contributed by atoms with van der Waals surface area (Å²) in [6.07, 6.45) is 1.67. The van der Waals surface area contributed by atoms with Gasteiger partial charge in [0.05, 0.1) is 25.9 Å². The molecule has 1 amide bonds. The van der Waals surface area contributed by atoms with Crippen molar-refractivity contribution in [1.82, 2.24) is 9.80 Å². The van der Waals surface area contributed by atoms with E-state index >= 15 is 0 Å². The number of hydrogen-bond donors (Lipinski definition) is 0. The Hall–Kier alpha value is -2.96. The van der Waals surface area contributed by atoms with E-state index in [0.29, 0.717) is 13.2 Å². The van der Waals surface area contributed by atoms with Gasteiger partial charge < -0.3 is 14.5 Å². The minimum absolute atomic E-state index is 0.156. The summed E-state index contributed by atoms with van der Waals surface area (Å²) in [6, 6.07) is 19.6. The lowest BCUT2D eigenvalue weighted by molar-refractivity contribution is -0.133. The molecule has 3 aliphatic rings. The highest BCUT2D eigenvalue weighted by atomic mass is 19.1. The smallest absolute Gasteiger partial charge is 0.250 e. The summed E-state index contributed by atoms with van der Waals surface area (Å²) in [5.74, 6) is -0.0697. The predicted molar refractivity (Wildman–Crippen MR) is 131 cm³/mol. The van der Waals surface area contributed by atoms with Crippen LogP contribution in [-0.4, -0.2) is 60.3 Å². The van der Waals surface area contributed by atoms with Crippen LogP contribution in [0.5, 0.6) is 0 Å². The van der Waals surface area contributed by atoms with Gasteiger partial charge in [-0.1, -0.05) is 36.4 Å². The fraction of sp³-hybridized carbons (Fsp3) is 0.393. The van der Waals surface area contributed by atoms with Gasteiger partial charge in [0.25, 0.3) is 0 Å². The number of halogens is 1. The number of fused-ring (bicyclic) bond motifs is 1. The SMILES string of the molecule is Cc1cccc2cccc(CN3CCC4(CC3)C(=O)N(C[C@H]3CO3)CN4c3ccc(F)cc3)c12. The van der Waals surface area contributed by atoms with E-state index in [1.807, 2.05) is 4.90 Å². The van der Waals surface area contributed by atoms with Gasteiger partial charge in [-0.25, -0.2) is 4.39 Å². The second-order valence-corrected chi connectivity index (χ2v) is 9.93. The van der Waals surface area contributed by atoms with Crippen molar-refractivity contribution in [1.29, 1.82) is 0 Å². The summed E-state index contributed by atoms with van der Waals surface area (Å²) in [7, 11) is 0. The largest absolute Gasteiger partial charge is 0.371 e. The average Bonchev–Trinajstić information content (AvgIpc) is 3.63. The highest BCUT2D eigenvalue weighted by Crippen LogP contribution is 2.40. The Morgan fingerprint density at radius 2 is 1.74 bits per heavy atom. The van der Waals surface area contributed by atoms with Crippen LogP contribution in [0.2, 0.25) is 0 Å². The van der Waals surface area contributed by atoms with E-state index in [1.54, 1.807) is 12.1 Å². The van der Waals surface area contributed by atoms with Gasteiger partial charge >= 0.3 is 0 Å². The number of rotatable bonds is 5. The summed E-state index contributed by atoms with van der Waals surface area (Å²) in [4.78, 5) is 20.3. The third-order valence-corrected chi connectivity index (χ3v) is 7.76. The van der Waals surface area contributed by atoms with E-state index in [0.717, 1.165) is 44.8 Å². The Morgan fingerprint density at radius 1 is 1.03 bits per heavy atom. The molecule has 6 rings (SSSR count). The van der Waals surface area contributed by atoms with Gasteiger partial charge in [-0.2, -0.15) is 0 Å². The number of nitrogens with zero attached hydrogens (tertiary/aromatic N) is 3. The zero-order valence-corrected chi connectivity index (χ0v) is 19.5. The summed E-state index contributed by atoms with van der Waals surface area (Å²) in [6.45, 7) is 6.64. The molecule has 3 aliphatic heterocycles. The molecule has 176 valence electrons. The number of epoxide rings is 1. The zero-order chi connectivity index (χ0) is 23.3. The third-order valence-electron chi connectivity index (χ3n) is 7.76. The molecule has 3 aromatic carbocycles. The van der Waals surface area contributed by atoms with E-state index in [2.05, 4.69) is 53.1 Å². The maximum Gasteiger partial charge on any atom is 0.250 e. The molecule has 3 aromatic rings. The van der Waals surface area contributed by atoms with Crippen LogP contribution in [-0.2, 0) is 16.1 Å². The number of aryl methyl sites for hydroxylation is 1. The van der Waals surface area contributed by atoms with Gasteiger partial charge in [0, 0.05) is 25.3 Å². The highest BCUT2D eigenvalue weighted by molar-refractivity contribution is 5.93. The molecule has 0 bridgehead atoms. The number of likely N-dealkylation sites (tertiary alicyclic amines) is 1. The fourth-order valence-corrected chi connectivity index (χ4v) is 5.85. The minimum atomic E-state index is -0.572. The third kappa shape index (κ3) is 3.75. The quantitative estimate of drug-likeness (QED) is 0.533. The van der Waals surface area contributed by atoms with Crippen LogP contribution >= 0.6 is 0 Å². The highest BCUT2D eigenvalue weighted by Gasteiger charge is 2.54. The van der Waals surface area contributed by atoms with Gasteiger partial charge in [0.15, 0.2) is 0 Å². The molecule has 3 fully saturated rings. The lowest BCUT2D eigenvalue weighted by Gasteiger charge is -2.43. The summed E-state index contributed by atoms with van der Waals surface area (Å²) >= 11 is 0. The minimum Gasteiger partial charge on any atom is -0.371 e. The van der Waals surface area contributed by atoms with E-state index < -0.39 is 5.54 Å². The van der Waals surface area contributed by atoms with Crippen molar-refractivity contribution in [3.8, 4) is 0 Å². The monoisotopic (exact) mass is 459 g/mol. The number of carbonyl (C=O) groups is 1. The van der Waals surface area contributed by atoms with Crippen LogP contribution < -0.4 is 4.90 Å². The second-order valence-electron chi connectivity index (χ2n) is 9.93. The standard InChI is InChI=1S/C28H30FN3O2/c1-20-4-2-5-21-6-3-7-22(26(20)21)16-30-14-12-28(13-15-30)27(33)31(17-25-18-34-25)19-32(28)24-10-8-23(29)9-11-24/h2-11,25H,12-19H2,1H3/t25-/m0/s1. The van der Waals surface area contributed by atoms with Gasteiger partial charge in [0.1, 0.15) is 11.4 Å². The molecule has 0 saturated carbocycles. The number of hydrogen-bond acceptors (Lipinski definition) is 4. The van der Waals surface area contributed by atoms with E-state index in [4.69, 9.17) is 4.74 Å². The number of carbonyl (C=O) groups excluding carboxylic acids is 1. The normalized spacial score (nSPS) is 22.2. The van der Waals surface area contributed by atoms with Crippen LogP contribution in [0.3, 0.4) is 0 Å². The molecule has 0 N–H and O–H groups in total. The van der Waals surface area contributed by atoms with Crippen LogP contribution in [0.1, 0.15) is 24.0 Å². The number of ether oxygens (including phenoxy) is 1. The predicted octanol–water partition coefficient (Wildman–Crippen LogP) is 4.33. The fourth-order valence-electron chi connectivity index (χ4n) is 5.85. The van der Waals surface area contributed by atoms with Gasteiger partial charge in [-0.3, -0.25) is 9.69 Å². The summed E-state index contributed by atoms with van der Waals surface area (Å²) in [5, 5.41) is 2.61. The van der Waals surface area contributed by atoms with E-state index in [1.165, 1.54) is 34.0 Å². The maximum absolute atomic E-state index is 13.7. The Kier molecular flexibility index (Phi) is 5.30. The van der Waals surface area contributed by atoms with Crippen LogP contribution in [0.15, 0.2) is 60.7 Å². The van der Waals surface area contributed by atoms with E-state index in [-0.39, 0.29) is 17.8 Å². The van der Waals surface area contributed by atoms with Crippen molar-refractivity contribution in [2.75, 3.05) is 37.8 Å². The molecule has 0 aromatic heterocycles. The maximum atomic E-state index is 13.7. The number of anilines is 1. The average molecular weight is 460 g/mol. The van der Waals surface area contributed by atoms with Gasteiger partial charge in [0.2, 0.25) is 5.91 Å². The molecule has 0 aliphatic carbocycles. The lowest BCUT2D eigenvalue weighted by Crippen LogP contribution is -2.56. The molecule has 1 atom stereocenters. The van der Waals surface area contributed by atoms with Crippen molar-refractivity contribution < 1.29 is 13.9 Å². The van der Waals surface area contributed by atoms with Crippen LogP contribution in [0.4, 0.5) is 10.1 Å². The first kappa shape index (κ1) is 21.6. The number of amides is 1. The molecule has 5 nitrogen and oxygen atoms in total. The van der Waals surface area contributed by atoms with Crippen molar-refractivity contribution in [3.05, 3.63) is 77.6 Å². The molecule has 0 radical (unpaired) electrons. The zero-order valence-electron chi connectivity index (χ0n) is 19.5. The molecule has 0 unspecified atom stereocenters. The molecule has 1 spiro atoms. The first-order valence-electron chi connectivity index (χ1n) is 12.2. The molecule has 34 heavy (non-hydrogen) atoms. The molecule has 3 heterocycles. The molecule has 6 heteroatoms. The molecular formula is C28H30FN3O2. The summed E-state index contributed by atoms with van der Waals surface area (Å²) < 4.78 is 19.0. The Labute approximate surface area is 199 Å². The van der Waals surface area contributed by atoms with Crippen LogP contribution in [0, 0.1) is 12.7 Å². The van der Waals surface area contributed by atoms with Crippen molar-refractivity contribution >= 4 is 22.4 Å². The Morgan fingerprint density at radius 3 is 2.44 bits per heavy atom. The number of benzene rings is 3. The van der Waals surface area contributed by atoms with Crippen molar-refractivity contribution in [2.24, 2.45) is 0 Å². The molecule has 3 saturated heterocycles. The van der Waals surface area contributed by atoms with Crippen molar-refractivity contribution in [2.45, 2.75) is 38.0 Å². The van der Waals surface area contributed by atoms with Crippen molar-refractivity contribution in [3.63, 3.8) is 0 Å². The van der Waals surface area contributed by atoms with E-state index in [9.17, 15) is 9.18 Å². The molecular weight excluding hydrogens is 429 g/mol. The second kappa shape index (κ2) is 8.36. The van der Waals surface area contributed by atoms with Gasteiger partial charge in [-0.05, 0) is 65.9 Å². The Balaban J connectivity index is 1.24. The number of piperidine rings is 1. The Bertz CT molecular complexity index is 1210. The van der Waals surface area contributed by atoms with Crippen LogP contribution in [0.25, 0.3) is 10.8 Å². The first-order chi connectivity index (χ1) is 16.5.